The van der Waals surface area contributed by atoms with Crippen LogP contribution in [0.5, 0.6) is 5.75 Å². The molecule has 0 aromatic heterocycles. The van der Waals surface area contributed by atoms with Crippen LogP contribution in [0.3, 0.4) is 0 Å². The summed E-state index contributed by atoms with van der Waals surface area (Å²) in [6, 6.07) is 23.1. The Morgan fingerprint density at radius 2 is 1.70 bits per heavy atom. The van der Waals surface area contributed by atoms with Crippen LogP contribution in [0.1, 0.15) is 55.4 Å². The molecule has 3 aromatic rings. The average Bonchev–Trinajstić information content (AvgIpc) is 3.44. The number of nitrogens with one attached hydrogen (secondary N) is 2. The van der Waals surface area contributed by atoms with Gasteiger partial charge in [0.05, 0.1) is 18.2 Å². The predicted molar refractivity (Wildman–Crippen MR) is 164 cm³/mol. The number of hydrogen-bond acceptors (Lipinski definition) is 7. The van der Waals surface area contributed by atoms with E-state index in [1.165, 1.54) is 0 Å². The molecule has 0 radical (unpaired) electrons. The third-order valence-electron chi connectivity index (χ3n) is 8.20. The number of benzene rings is 3. The van der Waals surface area contributed by atoms with Crippen molar-refractivity contribution in [2.45, 2.75) is 81.8 Å². The summed E-state index contributed by atoms with van der Waals surface area (Å²) >= 11 is 0. The number of aromatic hydroxyl groups is 1. The van der Waals surface area contributed by atoms with Gasteiger partial charge in [-0.25, -0.2) is 4.79 Å². The molecule has 0 saturated heterocycles. The van der Waals surface area contributed by atoms with Gasteiger partial charge in [-0.2, -0.15) is 0 Å². The number of aliphatic hydroxyl groups excluding tert-OH is 2. The number of amides is 1. The zero-order chi connectivity index (χ0) is 30.8. The molecule has 3 aromatic carbocycles. The Kier molecular flexibility index (Phi) is 8.62. The number of aliphatic hydroxyl groups is 2. The topological polar surface area (TPSA) is 128 Å². The Bertz CT molecular complexity index is 1480. The van der Waals surface area contributed by atoms with E-state index in [1.807, 2.05) is 54.6 Å². The summed E-state index contributed by atoms with van der Waals surface area (Å²) in [5.41, 5.74) is 2.10. The lowest BCUT2D eigenvalue weighted by Crippen LogP contribution is -2.55. The summed E-state index contributed by atoms with van der Waals surface area (Å²) < 4.78 is 5.50. The Morgan fingerprint density at radius 3 is 2.40 bits per heavy atom. The molecule has 8 nitrogen and oxygen atoms in total. The molecule has 43 heavy (non-hydrogen) atoms. The molecular formula is C35H40N2O6. The fourth-order valence-electron chi connectivity index (χ4n) is 6.23. The van der Waals surface area contributed by atoms with Gasteiger partial charge in [-0.3, -0.25) is 4.79 Å². The maximum Gasteiger partial charge on any atom is 0.407 e. The summed E-state index contributed by atoms with van der Waals surface area (Å²) in [7, 11) is 0. The SMILES string of the molecule is CC(C)(C)OC(=O)NC(Cc1ccccc1)C(O)CC1(Cc2ccc(O)cc2)NC=C(C2c3ccccc3CC2O)C1=O. The monoisotopic (exact) mass is 584 g/mol. The predicted octanol–water partition coefficient (Wildman–Crippen LogP) is 4.32. The maximum atomic E-state index is 14.5. The van der Waals surface area contributed by atoms with E-state index >= 15 is 0 Å². The highest BCUT2D eigenvalue weighted by Crippen LogP contribution is 2.43. The van der Waals surface area contributed by atoms with Crippen molar-refractivity contribution >= 4 is 11.9 Å². The molecule has 5 rings (SSSR count). The van der Waals surface area contributed by atoms with Crippen LogP contribution in [0.15, 0.2) is 90.6 Å². The molecule has 8 heteroatoms. The molecule has 0 fully saturated rings. The number of carbonyl (C=O) groups is 2. The smallest absolute Gasteiger partial charge is 0.407 e. The number of carbonyl (C=O) groups excluding carboxylic acids is 2. The highest BCUT2D eigenvalue weighted by atomic mass is 16.6. The van der Waals surface area contributed by atoms with Gasteiger partial charge in [0.25, 0.3) is 0 Å². The van der Waals surface area contributed by atoms with Crippen LogP contribution < -0.4 is 10.6 Å². The van der Waals surface area contributed by atoms with Crippen molar-refractivity contribution in [1.82, 2.24) is 10.6 Å². The normalized spacial score (nSPS) is 22.7. The summed E-state index contributed by atoms with van der Waals surface area (Å²) in [6.45, 7) is 5.31. The van der Waals surface area contributed by atoms with Crippen LogP contribution in [-0.2, 0) is 28.8 Å². The van der Waals surface area contributed by atoms with Crippen molar-refractivity contribution in [1.29, 1.82) is 0 Å². The Labute approximate surface area is 252 Å². The quantitative estimate of drug-likeness (QED) is 0.254. The first-order valence-electron chi connectivity index (χ1n) is 14.7. The van der Waals surface area contributed by atoms with Crippen LogP contribution in [-0.4, -0.2) is 56.6 Å². The highest BCUT2D eigenvalue weighted by molar-refractivity contribution is 6.06. The third-order valence-corrected chi connectivity index (χ3v) is 8.20. The minimum absolute atomic E-state index is 0.0233. The molecule has 0 saturated carbocycles. The van der Waals surface area contributed by atoms with Crippen molar-refractivity contribution < 1.29 is 29.6 Å². The van der Waals surface area contributed by atoms with Crippen molar-refractivity contribution in [2.24, 2.45) is 0 Å². The van der Waals surface area contributed by atoms with E-state index < -0.39 is 41.4 Å². The van der Waals surface area contributed by atoms with Crippen LogP contribution in [0, 0.1) is 0 Å². The number of phenols is 1. The summed E-state index contributed by atoms with van der Waals surface area (Å²) in [5.74, 6) is -0.594. The zero-order valence-corrected chi connectivity index (χ0v) is 24.8. The molecule has 2 aliphatic rings. The lowest BCUT2D eigenvalue weighted by molar-refractivity contribution is -0.122. The second kappa shape index (κ2) is 12.2. The van der Waals surface area contributed by atoms with Gasteiger partial charge in [0.15, 0.2) is 5.78 Å². The van der Waals surface area contributed by atoms with E-state index in [0.717, 1.165) is 22.3 Å². The van der Waals surface area contributed by atoms with Gasteiger partial charge in [-0.1, -0.05) is 66.7 Å². The molecule has 5 unspecified atom stereocenters. The second-order valence-electron chi connectivity index (χ2n) is 12.7. The van der Waals surface area contributed by atoms with Crippen LogP contribution in [0.4, 0.5) is 4.79 Å². The summed E-state index contributed by atoms with van der Waals surface area (Å²) in [5, 5.41) is 38.8. The lowest BCUT2D eigenvalue weighted by atomic mass is 9.76. The van der Waals surface area contributed by atoms with E-state index in [-0.39, 0.29) is 24.4 Å². The van der Waals surface area contributed by atoms with Crippen molar-refractivity contribution in [3.05, 3.63) is 113 Å². The molecule has 5 atom stereocenters. The Hall–Kier alpha value is -4.14. The van der Waals surface area contributed by atoms with E-state index in [0.29, 0.717) is 18.4 Å². The number of Topliss-reactive ketones (excluding diaryl/α,β-unsaturated/α-hetero) is 1. The largest absolute Gasteiger partial charge is 0.508 e. The fraction of sp³-hybridized carbons (Fsp3) is 0.371. The van der Waals surface area contributed by atoms with Crippen molar-refractivity contribution in [3.63, 3.8) is 0 Å². The van der Waals surface area contributed by atoms with Gasteiger partial charge in [0.1, 0.15) is 16.9 Å². The number of phenolic OH excluding ortho intramolecular Hbond substituents is 1. The first-order valence-corrected chi connectivity index (χ1v) is 14.7. The number of ether oxygens (including phenoxy) is 1. The molecule has 5 N–H and O–H groups in total. The summed E-state index contributed by atoms with van der Waals surface area (Å²) in [6.07, 6.45) is 0.104. The average molecular weight is 585 g/mol. The minimum Gasteiger partial charge on any atom is -0.508 e. The van der Waals surface area contributed by atoms with Gasteiger partial charge in [-0.15, -0.1) is 0 Å². The molecule has 0 spiro atoms. The summed E-state index contributed by atoms with van der Waals surface area (Å²) in [4.78, 5) is 27.3. The van der Waals surface area contributed by atoms with Gasteiger partial charge < -0.3 is 30.7 Å². The van der Waals surface area contributed by atoms with Gasteiger partial charge in [0.2, 0.25) is 0 Å². The number of alkyl carbamates (subject to hydrolysis) is 1. The standard InChI is InChI=1S/C35H40N2O6/c1-34(2,3)43-33(42)37-28(17-22-9-5-4-6-10-22)30(40)20-35(19-23-13-15-25(38)16-14-23)32(41)27(21-36-35)31-26-12-8-7-11-24(26)18-29(31)39/h4-16,21,28-31,36,38-40H,17-20H2,1-3H3,(H,37,42). The minimum atomic E-state index is -1.26. The number of hydrogen-bond donors (Lipinski definition) is 5. The van der Waals surface area contributed by atoms with Gasteiger partial charge in [-0.05, 0) is 68.0 Å². The number of rotatable bonds is 9. The van der Waals surface area contributed by atoms with E-state index in [9.17, 15) is 24.9 Å². The second-order valence-corrected chi connectivity index (χ2v) is 12.7. The molecule has 1 aliphatic carbocycles. The van der Waals surface area contributed by atoms with E-state index in [4.69, 9.17) is 4.74 Å². The van der Waals surface area contributed by atoms with Gasteiger partial charge in [0, 0.05) is 30.5 Å². The first kappa shape index (κ1) is 30.3. The third kappa shape index (κ3) is 6.92. The van der Waals surface area contributed by atoms with Crippen molar-refractivity contribution in [2.75, 3.05) is 0 Å². The number of ketones is 1. The zero-order valence-electron chi connectivity index (χ0n) is 24.8. The number of fused-ring (bicyclic) bond motifs is 1. The molecular weight excluding hydrogens is 544 g/mol. The lowest BCUT2D eigenvalue weighted by Gasteiger charge is -2.35. The maximum absolute atomic E-state index is 14.5. The molecule has 1 heterocycles. The van der Waals surface area contributed by atoms with E-state index in [1.54, 1.807) is 51.2 Å². The van der Waals surface area contributed by atoms with Crippen molar-refractivity contribution in [3.8, 4) is 5.75 Å². The fourth-order valence-corrected chi connectivity index (χ4v) is 6.23. The van der Waals surface area contributed by atoms with Crippen LogP contribution in [0.25, 0.3) is 0 Å². The molecule has 0 bridgehead atoms. The van der Waals surface area contributed by atoms with E-state index in [2.05, 4.69) is 10.6 Å². The Balaban J connectivity index is 1.45. The first-order chi connectivity index (χ1) is 20.4. The van der Waals surface area contributed by atoms with Gasteiger partial charge >= 0.3 is 6.09 Å². The highest BCUT2D eigenvalue weighted by Gasteiger charge is 2.50. The Morgan fingerprint density at radius 1 is 1.02 bits per heavy atom. The molecule has 1 aliphatic heterocycles. The molecule has 1 amide bonds. The molecule has 226 valence electrons. The van der Waals surface area contributed by atoms with Crippen LogP contribution >= 0.6 is 0 Å². The van der Waals surface area contributed by atoms with Crippen LogP contribution in [0.2, 0.25) is 0 Å².